The lowest BCUT2D eigenvalue weighted by molar-refractivity contribution is 0.1000. The zero-order valence-electron chi connectivity index (χ0n) is 11.2. The molecule has 0 aliphatic heterocycles. The molecule has 2 N–H and O–H groups in total. The molecule has 0 atom stereocenters. The molecule has 1 heterocycles. The molecule has 20 heavy (non-hydrogen) atoms. The summed E-state index contributed by atoms with van der Waals surface area (Å²) in [5, 5.41) is 9.06. The molecule has 0 spiro atoms. The number of ether oxygens (including phenoxy) is 1. The van der Waals surface area contributed by atoms with Crippen LogP contribution >= 0.6 is 0 Å². The lowest BCUT2D eigenvalue weighted by atomic mass is 10.0. The van der Waals surface area contributed by atoms with E-state index in [2.05, 4.69) is 4.98 Å². The van der Waals surface area contributed by atoms with Crippen molar-refractivity contribution in [1.29, 1.82) is 5.26 Å². The lowest BCUT2D eigenvalue weighted by Crippen LogP contribution is -2.14. The number of benzene rings is 1. The lowest BCUT2D eigenvalue weighted by Gasteiger charge is -2.08. The zero-order chi connectivity index (χ0) is 14.7. The van der Waals surface area contributed by atoms with E-state index in [9.17, 15) is 4.79 Å². The van der Waals surface area contributed by atoms with Crippen molar-refractivity contribution in [3.63, 3.8) is 0 Å². The molecule has 0 aliphatic carbocycles. The minimum Gasteiger partial charge on any atom is -0.497 e. The van der Waals surface area contributed by atoms with Crippen LogP contribution in [0.15, 0.2) is 30.3 Å². The summed E-state index contributed by atoms with van der Waals surface area (Å²) in [6.45, 7) is 1.68. The van der Waals surface area contributed by atoms with Crippen molar-refractivity contribution in [2.75, 3.05) is 7.11 Å². The van der Waals surface area contributed by atoms with E-state index in [0.717, 1.165) is 11.3 Å². The first-order valence-electron chi connectivity index (χ1n) is 5.92. The van der Waals surface area contributed by atoms with Crippen LogP contribution in [0.25, 0.3) is 11.3 Å². The van der Waals surface area contributed by atoms with Gasteiger partial charge in [0.25, 0.3) is 0 Å². The highest BCUT2D eigenvalue weighted by Crippen LogP contribution is 2.24. The van der Waals surface area contributed by atoms with Crippen molar-refractivity contribution in [2.24, 2.45) is 5.73 Å². The zero-order valence-corrected chi connectivity index (χ0v) is 11.2. The summed E-state index contributed by atoms with van der Waals surface area (Å²) in [4.78, 5) is 15.8. The average molecular weight is 267 g/mol. The molecule has 0 radical (unpaired) electrons. The number of pyridine rings is 1. The Bertz CT molecular complexity index is 700. The van der Waals surface area contributed by atoms with Crippen molar-refractivity contribution in [3.05, 3.63) is 47.2 Å². The summed E-state index contributed by atoms with van der Waals surface area (Å²) < 4.78 is 5.09. The number of rotatable bonds is 3. The van der Waals surface area contributed by atoms with E-state index in [-0.39, 0.29) is 11.1 Å². The fourth-order valence-corrected chi connectivity index (χ4v) is 1.92. The molecule has 0 saturated carbocycles. The molecule has 1 aromatic carbocycles. The monoisotopic (exact) mass is 267 g/mol. The van der Waals surface area contributed by atoms with E-state index in [0.29, 0.717) is 11.4 Å². The number of hydrogen-bond donors (Lipinski definition) is 1. The Labute approximate surface area is 116 Å². The van der Waals surface area contributed by atoms with Crippen molar-refractivity contribution in [1.82, 2.24) is 4.98 Å². The van der Waals surface area contributed by atoms with Gasteiger partial charge in [-0.15, -0.1) is 0 Å². The number of amides is 1. The van der Waals surface area contributed by atoms with Gasteiger partial charge in [0.05, 0.1) is 29.6 Å². The van der Waals surface area contributed by atoms with E-state index in [1.54, 1.807) is 26.2 Å². The van der Waals surface area contributed by atoms with Crippen LogP contribution in [0.1, 0.15) is 21.6 Å². The van der Waals surface area contributed by atoms with E-state index in [4.69, 9.17) is 15.7 Å². The summed E-state index contributed by atoms with van der Waals surface area (Å²) in [6, 6.07) is 10.8. The van der Waals surface area contributed by atoms with Gasteiger partial charge in [0.1, 0.15) is 11.8 Å². The van der Waals surface area contributed by atoms with Gasteiger partial charge in [-0.25, -0.2) is 0 Å². The highest BCUT2D eigenvalue weighted by Gasteiger charge is 2.14. The number of nitrogens with two attached hydrogens (primary N) is 1. The Morgan fingerprint density at radius 2 is 2.00 bits per heavy atom. The second-order valence-electron chi connectivity index (χ2n) is 4.22. The van der Waals surface area contributed by atoms with Crippen LogP contribution in [0.4, 0.5) is 0 Å². The van der Waals surface area contributed by atoms with Gasteiger partial charge < -0.3 is 10.5 Å². The van der Waals surface area contributed by atoms with Crippen LogP contribution in [-0.4, -0.2) is 18.0 Å². The number of aromatic nitrogens is 1. The first-order chi connectivity index (χ1) is 9.56. The topological polar surface area (TPSA) is 89.0 Å². The Morgan fingerprint density at radius 3 is 2.50 bits per heavy atom. The minimum atomic E-state index is -0.637. The maximum atomic E-state index is 11.4. The van der Waals surface area contributed by atoms with E-state index >= 15 is 0 Å². The molecule has 2 aromatic rings. The van der Waals surface area contributed by atoms with Gasteiger partial charge in [-0.05, 0) is 37.3 Å². The molecule has 5 nitrogen and oxygen atoms in total. The number of methoxy groups -OCH3 is 1. The van der Waals surface area contributed by atoms with Crippen LogP contribution in [0.5, 0.6) is 5.75 Å². The van der Waals surface area contributed by atoms with Crippen molar-refractivity contribution >= 4 is 5.91 Å². The Hall–Kier alpha value is -2.87. The highest BCUT2D eigenvalue weighted by molar-refractivity contribution is 5.96. The molecule has 100 valence electrons. The third-order valence-corrected chi connectivity index (χ3v) is 2.96. The number of primary amides is 1. The summed E-state index contributed by atoms with van der Waals surface area (Å²) in [5.41, 5.74) is 7.61. The molecule has 0 saturated heterocycles. The first-order valence-corrected chi connectivity index (χ1v) is 5.92. The smallest absolute Gasteiger partial charge is 0.250 e. The van der Waals surface area contributed by atoms with Gasteiger partial charge in [0, 0.05) is 5.56 Å². The quantitative estimate of drug-likeness (QED) is 0.921. The van der Waals surface area contributed by atoms with Crippen molar-refractivity contribution < 1.29 is 9.53 Å². The SMILES string of the molecule is COc1ccc(-c2cc(C(N)=O)c(C#N)c(C)n2)cc1. The Kier molecular flexibility index (Phi) is 3.67. The highest BCUT2D eigenvalue weighted by atomic mass is 16.5. The average Bonchev–Trinajstić information content (AvgIpc) is 2.46. The Balaban J connectivity index is 2.57. The largest absolute Gasteiger partial charge is 0.497 e. The van der Waals surface area contributed by atoms with E-state index in [1.165, 1.54) is 6.07 Å². The molecule has 1 amide bonds. The molecular formula is C15H13N3O2. The fourth-order valence-electron chi connectivity index (χ4n) is 1.92. The number of carbonyl (C=O) groups excluding carboxylic acids is 1. The maximum Gasteiger partial charge on any atom is 0.250 e. The molecule has 0 bridgehead atoms. The summed E-state index contributed by atoms with van der Waals surface area (Å²) in [6.07, 6.45) is 0. The normalized spacial score (nSPS) is 9.85. The van der Waals surface area contributed by atoms with Gasteiger partial charge in [0.2, 0.25) is 5.91 Å². The predicted octanol–water partition coefficient (Wildman–Crippen LogP) is 2.04. The molecule has 1 aromatic heterocycles. The number of hydrogen-bond acceptors (Lipinski definition) is 4. The molecular weight excluding hydrogens is 254 g/mol. The molecule has 0 fully saturated rings. The third-order valence-electron chi connectivity index (χ3n) is 2.96. The number of nitrogens with zero attached hydrogens (tertiary/aromatic N) is 2. The van der Waals surface area contributed by atoms with Crippen LogP contribution in [0.2, 0.25) is 0 Å². The van der Waals surface area contributed by atoms with Crippen LogP contribution < -0.4 is 10.5 Å². The number of nitriles is 1. The maximum absolute atomic E-state index is 11.4. The van der Waals surface area contributed by atoms with Crippen molar-refractivity contribution in [2.45, 2.75) is 6.92 Å². The minimum absolute atomic E-state index is 0.186. The fraction of sp³-hybridized carbons (Fsp3) is 0.133. The van der Waals surface area contributed by atoms with Gasteiger partial charge in [-0.3, -0.25) is 9.78 Å². The summed E-state index contributed by atoms with van der Waals surface area (Å²) >= 11 is 0. The summed E-state index contributed by atoms with van der Waals surface area (Å²) in [7, 11) is 1.59. The number of carbonyl (C=O) groups is 1. The van der Waals surface area contributed by atoms with E-state index in [1.807, 2.05) is 18.2 Å². The van der Waals surface area contributed by atoms with Crippen LogP contribution in [0.3, 0.4) is 0 Å². The second kappa shape index (κ2) is 5.41. The molecule has 2 rings (SSSR count). The predicted molar refractivity (Wildman–Crippen MR) is 74.2 cm³/mol. The van der Waals surface area contributed by atoms with Gasteiger partial charge in [-0.2, -0.15) is 5.26 Å². The van der Waals surface area contributed by atoms with Gasteiger partial charge >= 0.3 is 0 Å². The third kappa shape index (κ3) is 2.45. The molecule has 0 aliphatic rings. The van der Waals surface area contributed by atoms with Gasteiger partial charge in [0.15, 0.2) is 0 Å². The van der Waals surface area contributed by atoms with Crippen LogP contribution in [0, 0.1) is 18.3 Å². The molecule has 5 heteroatoms. The number of aryl methyl sites for hydroxylation is 1. The Morgan fingerprint density at radius 1 is 1.35 bits per heavy atom. The van der Waals surface area contributed by atoms with Crippen molar-refractivity contribution in [3.8, 4) is 23.1 Å². The molecule has 0 unspecified atom stereocenters. The standard InChI is InChI=1S/C15H13N3O2/c1-9-13(8-16)12(15(17)19)7-14(18-9)10-3-5-11(20-2)6-4-10/h3-7H,1-2H3,(H2,17,19). The van der Waals surface area contributed by atoms with Gasteiger partial charge in [-0.1, -0.05) is 0 Å². The van der Waals surface area contributed by atoms with E-state index < -0.39 is 5.91 Å². The second-order valence-corrected chi connectivity index (χ2v) is 4.22. The van der Waals surface area contributed by atoms with Crippen LogP contribution in [-0.2, 0) is 0 Å². The summed E-state index contributed by atoms with van der Waals surface area (Å²) in [5.74, 6) is 0.0936. The first kappa shape index (κ1) is 13.6.